The van der Waals surface area contributed by atoms with Crippen molar-refractivity contribution in [1.29, 1.82) is 0 Å². The Morgan fingerprint density at radius 1 is 1.16 bits per heavy atom. The number of unbranched alkanes of at least 4 members (excludes halogenated alkanes) is 3. The maximum atomic E-state index is 5.91. The topological polar surface area (TPSA) is 69.8 Å². The second-order valence-electron chi connectivity index (χ2n) is 6.63. The molecule has 140 valence electrons. The van der Waals surface area contributed by atoms with Gasteiger partial charge in [-0.1, -0.05) is 39.2 Å². The maximum Gasteiger partial charge on any atom is 0.188 e. The second-order valence-corrected chi connectivity index (χ2v) is 6.63. The first-order valence-corrected chi connectivity index (χ1v) is 9.69. The van der Waals surface area contributed by atoms with E-state index in [1.165, 1.54) is 19.3 Å². The highest BCUT2D eigenvalue weighted by Gasteiger charge is 2.16. The molecular formula is C19H34N6. The van der Waals surface area contributed by atoms with Crippen LogP contribution >= 0.6 is 0 Å². The van der Waals surface area contributed by atoms with E-state index in [-0.39, 0.29) is 0 Å². The lowest BCUT2D eigenvalue weighted by Gasteiger charge is -2.34. The first-order chi connectivity index (χ1) is 12.2. The summed E-state index contributed by atoms with van der Waals surface area (Å²) in [5, 5.41) is 3.18. The van der Waals surface area contributed by atoms with Gasteiger partial charge in [0.05, 0.1) is 6.54 Å². The molecule has 0 bridgehead atoms. The number of hydrogen-bond acceptors (Lipinski definition) is 4. The predicted molar refractivity (Wildman–Crippen MR) is 106 cm³/mol. The fourth-order valence-corrected chi connectivity index (χ4v) is 2.99. The average Bonchev–Trinajstić information content (AvgIpc) is 2.67. The summed E-state index contributed by atoms with van der Waals surface area (Å²) in [7, 11) is 0. The second kappa shape index (κ2) is 10.9. The molecule has 6 nitrogen and oxygen atoms in total. The van der Waals surface area contributed by atoms with Gasteiger partial charge in [-0.3, -0.25) is 0 Å². The summed E-state index contributed by atoms with van der Waals surface area (Å²) in [6.07, 6.45) is 6.84. The van der Waals surface area contributed by atoms with Crippen LogP contribution in [-0.2, 0) is 6.54 Å². The van der Waals surface area contributed by atoms with Crippen molar-refractivity contribution in [2.75, 3.05) is 44.2 Å². The Balaban J connectivity index is 1.73. The summed E-state index contributed by atoms with van der Waals surface area (Å²) >= 11 is 0. The molecule has 2 heterocycles. The molecule has 0 atom stereocenters. The van der Waals surface area contributed by atoms with E-state index in [0.717, 1.165) is 57.1 Å². The fraction of sp³-hybridized carbons (Fsp3) is 0.684. The van der Waals surface area contributed by atoms with E-state index in [4.69, 9.17) is 5.73 Å². The molecule has 1 aliphatic heterocycles. The summed E-state index contributed by atoms with van der Waals surface area (Å²) in [6, 6.07) is 4.20. The Morgan fingerprint density at radius 3 is 2.60 bits per heavy atom. The molecule has 1 aromatic rings. The average molecular weight is 347 g/mol. The molecule has 1 aromatic heterocycles. The molecule has 0 radical (unpaired) electrons. The zero-order valence-corrected chi connectivity index (χ0v) is 15.9. The van der Waals surface area contributed by atoms with Gasteiger partial charge < -0.3 is 20.9 Å². The van der Waals surface area contributed by atoms with Crippen LogP contribution in [0.4, 0.5) is 5.82 Å². The number of anilines is 1. The van der Waals surface area contributed by atoms with E-state index in [2.05, 4.69) is 51.1 Å². The van der Waals surface area contributed by atoms with Gasteiger partial charge in [-0.05, 0) is 24.6 Å². The van der Waals surface area contributed by atoms with Gasteiger partial charge in [0.2, 0.25) is 0 Å². The van der Waals surface area contributed by atoms with Crippen molar-refractivity contribution >= 4 is 11.8 Å². The van der Waals surface area contributed by atoms with Gasteiger partial charge in [-0.25, -0.2) is 9.98 Å². The van der Waals surface area contributed by atoms with Crippen LogP contribution in [0, 0.1) is 0 Å². The summed E-state index contributed by atoms with van der Waals surface area (Å²) in [4.78, 5) is 13.8. The van der Waals surface area contributed by atoms with Crippen LogP contribution in [0.1, 0.15) is 45.1 Å². The standard InChI is InChI=1S/C19H34N6/c1-3-5-6-7-10-21-19(20)23-16-17-8-9-18(22-15-17)25-13-11-24(4-2)12-14-25/h8-9,15H,3-7,10-14,16H2,1-2H3,(H3,20,21,23). The van der Waals surface area contributed by atoms with Gasteiger partial charge in [-0.2, -0.15) is 0 Å². The first-order valence-electron chi connectivity index (χ1n) is 9.69. The quantitative estimate of drug-likeness (QED) is 0.408. The molecule has 1 fully saturated rings. The molecule has 0 aliphatic carbocycles. The first kappa shape index (κ1) is 19.5. The molecule has 1 saturated heterocycles. The minimum atomic E-state index is 0.524. The predicted octanol–water partition coefficient (Wildman–Crippen LogP) is 2.21. The number of aliphatic imine (C=N–C) groups is 1. The fourth-order valence-electron chi connectivity index (χ4n) is 2.99. The van der Waals surface area contributed by atoms with E-state index in [1.54, 1.807) is 0 Å². The van der Waals surface area contributed by atoms with Crippen molar-refractivity contribution < 1.29 is 0 Å². The smallest absolute Gasteiger partial charge is 0.188 e. The van der Waals surface area contributed by atoms with Gasteiger partial charge in [-0.15, -0.1) is 0 Å². The van der Waals surface area contributed by atoms with Gasteiger partial charge >= 0.3 is 0 Å². The maximum absolute atomic E-state index is 5.91. The molecule has 0 amide bonds. The largest absolute Gasteiger partial charge is 0.370 e. The minimum Gasteiger partial charge on any atom is -0.370 e. The molecule has 6 heteroatoms. The summed E-state index contributed by atoms with van der Waals surface area (Å²) in [5.74, 6) is 1.58. The van der Waals surface area contributed by atoms with E-state index in [1.807, 2.05) is 6.20 Å². The SMILES string of the molecule is CCCCCCNC(N)=NCc1ccc(N2CCN(CC)CC2)nc1. The number of piperazine rings is 1. The van der Waals surface area contributed by atoms with Crippen LogP contribution in [0.25, 0.3) is 0 Å². The van der Waals surface area contributed by atoms with E-state index < -0.39 is 0 Å². The van der Waals surface area contributed by atoms with Gasteiger partial charge in [0.15, 0.2) is 5.96 Å². The molecular weight excluding hydrogens is 312 g/mol. The van der Waals surface area contributed by atoms with Crippen LogP contribution in [-0.4, -0.2) is 55.1 Å². The zero-order valence-electron chi connectivity index (χ0n) is 15.9. The number of hydrogen-bond donors (Lipinski definition) is 2. The van der Waals surface area contributed by atoms with Crippen molar-refractivity contribution in [2.45, 2.75) is 46.1 Å². The van der Waals surface area contributed by atoms with E-state index in [0.29, 0.717) is 12.5 Å². The Labute approximate surface area is 152 Å². The number of aromatic nitrogens is 1. The monoisotopic (exact) mass is 346 g/mol. The van der Waals surface area contributed by atoms with Crippen LogP contribution in [0.3, 0.4) is 0 Å². The lowest BCUT2D eigenvalue weighted by molar-refractivity contribution is 0.270. The van der Waals surface area contributed by atoms with Crippen molar-refractivity contribution in [3.8, 4) is 0 Å². The third kappa shape index (κ3) is 6.90. The molecule has 0 saturated carbocycles. The summed E-state index contributed by atoms with van der Waals surface area (Å²) in [5.41, 5.74) is 7.00. The van der Waals surface area contributed by atoms with Gasteiger partial charge in [0.25, 0.3) is 0 Å². The molecule has 3 N–H and O–H groups in total. The molecule has 0 aromatic carbocycles. The van der Waals surface area contributed by atoms with Crippen LogP contribution in [0.2, 0.25) is 0 Å². The number of likely N-dealkylation sites (N-methyl/N-ethyl adjacent to an activating group) is 1. The summed E-state index contributed by atoms with van der Waals surface area (Å²) < 4.78 is 0. The van der Waals surface area contributed by atoms with Crippen LogP contribution < -0.4 is 16.0 Å². The zero-order chi connectivity index (χ0) is 17.9. The highest BCUT2D eigenvalue weighted by Crippen LogP contribution is 2.14. The molecule has 0 unspecified atom stereocenters. The van der Waals surface area contributed by atoms with E-state index in [9.17, 15) is 0 Å². The normalized spacial score (nSPS) is 16.2. The molecule has 1 aliphatic rings. The number of nitrogens with two attached hydrogens (primary N) is 1. The highest BCUT2D eigenvalue weighted by atomic mass is 15.3. The number of pyridine rings is 1. The molecule has 2 rings (SSSR count). The third-order valence-corrected chi connectivity index (χ3v) is 4.72. The van der Waals surface area contributed by atoms with Crippen LogP contribution in [0.15, 0.2) is 23.3 Å². The Kier molecular flexibility index (Phi) is 8.52. The van der Waals surface area contributed by atoms with Crippen molar-refractivity contribution in [3.63, 3.8) is 0 Å². The van der Waals surface area contributed by atoms with Crippen molar-refractivity contribution in [3.05, 3.63) is 23.9 Å². The number of nitrogens with one attached hydrogen (secondary N) is 1. The highest BCUT2D eigenvalue weighted by molar-refractivity contribution is 5.77. The van der Waals surface area contributed by atoms with Crippen molar-refractivity contribution in [2.24, 2.45) is 10.7 Å². The lowest BCUT2D eigenvalue weighted by Crippen LogP contribution is -2.46. The Bertz CT molecular complexity index is 505. The van der Waals surface area contributed by atoms with Crippen molar-refractivity contribution in [1.82, 2.24) is 15.2 Å². The third-order valence-electron chi connectivity index (χ3n) is 4.72. The van der Waals surface area contributed by atoms with Crippen LogP contribution in [0.5, 0.6) is 0 Å². The lowest BCUT2D eigenvalue weighted by atomic mass is 10.2. The molecule has 25 heavy (non-hydrogen) atoms. The number of guanidine groups is 1. The Hall–Kier alpha value is -1.82. The number of rotatable bonds is 9. The Morgan fingerprint density at radius 2 is 1.96 bits per heavy atom. The minimum absolute atomic E-state index is 0.524. The summed E-state index contributed by atoms with van der Waals surface area (Å²) in [6.45, 7) is 11.4. The van der Waals surface area contributed by atoms with Gasteiger partial charge in [0, 0.05) is 38.9 Å². The van der Waals surface area contributed by atoms with E-state index >= 15 is 0 Å². The number of nitrogens with zero attached hydrogens (tertiary/aromatic N) is 4. The molecule has 0 spiro atoms. The van der Waals surface area contributed by atoms with Gasteiger partial charge in [0.1, 0.15) is 5.82 Å².